The van der Waals surface area contributed by atoms with Crippen LogP contribution in [0.4, 0.5) is 0 Å². The summed E-state index contributed by atoms with van der Waals surface area (Å²) in [7, 11) is 0. The predicted molar refractivity (Wildman–Crippen MR) is 84.9 cm³/mol. The zero-order valence-corrected chi connectivity index (χ0v) is 13.4. The average molecular weight is 286 g/mol. The van der Waals surface area contributed by atoms with Gasteiger partial charge in [-0.2, -0.15) is 0 Å². The van der Waals surface area contributed by atoms with E-state index < -0.39 is 0 Å². The molecule has 2 fully saturated rings. The van der Waals surface area contributed by atoms with E-state index in [-0.39, 0.29) is 11.3 Å². The van der Waals surface area contributed by atoms with Crippen LogP contribution in [0.15, 0.2) is 24.3 Å². The molecule has 2 bridgehead atoms. The maximum absolute atomic E-state index is 13.0. The fraction of sp³-hybridized carbons (Fsp3) is 0.611. The number of hydrogen-bond acceptors (Lipinski definition) is 2. The molecular formula is C18H26N2O. The van der Waals surface area contributed by atoms with E-state index in [2.05, 4.69) is 25.7 Å². The molecule has 1 amide bonds. The Morgan fingerprint density at radius 2 is 2.00 bits per heavy atom. The third kappa shape index (κ3) is 2.59. The van der Waals surface area contributed by atoms with E-state index >= 15 is 0 Å². The Morgan fingerprint density at radius 1 is 1.29 bits per heavy atom. The molecule has 1 saturated carbocycles. The van der Waals surface area contributed by atoms with Gasteiger partial charge in [0.05, 0.1) is 0 Å². The minimum absolute atomic E-state index is 0.169. The molecule has 2 N–H and O–H groups in total. The van der Waals surface area contributed by atoms with Crippen molar-refractivity contribution in [3.05, 3.63) is 35.4 Å². The van der Waals surface area contributed by atoms with Gasteiger partial charge in [-0.05, 0) is 41.7 Å². The van der Waals surface area contributed by atoms with Crippen LogP contribution < -0.4 is 5.73 Å². The van der Waals surface area contributed by atoms with E-state index in [1.165, 1.54) is 6.42 Å². The lowest BCUT2D eigenvalue weighted by Gasteiger charge is -2.39. The van der Waals surface area contributed by atoms with Gasteiger partial charge in [-0.15, -0.1) is 0 Å². The van der Waals surface area contributed by atoms with Crippen LogP contribution in [0.2, 0.25) is 0 Å². The maximum Gasteiger partial charge on any atom is 0.254 e. The summed E-state index contributed by atoms with van der Waals surface area (Å²) in [4.78, 5) is 15.1. The molecular weight excluding hydrogens is 260 g/mol. The molecule has 1 aliphatic carbocycles. The molecule has 1 heterocycles. The Kier molecular flexibility index (Phi) is 3.36. The summed E-state index contributed by atoms with van der Waals surface area (Å²) in [5.41, 5.74) is 8.14. The van der Waals surface area contributed by atoms with E-state index in [0.29, 0.717) is 18.0 Å². The van der Waals surface area contributed by atoms with Crippen molar-refractivity contribution in [1.29, 1.82) is 0 Å². The molecule has 1 aromatic rings. The summed E-state index contributed by atoms with van der Waals surface area (Å²) in [6, 6.07) is 8.14. The second kappa shape index (κ2) is 4.84. The van der Waals surface area contributed by atoms with Gasteiger partial charge in [0.15, 0.2) is 0 Å². The third-order valence-electron chi connectivity index (χ3n) is 5.14. The number of amides is 1. The molecule has 3 nitrogen and oxygen atoms in total. The molecule has 1 saturated heterocycles. The molecule has 3 heteroatoms. The van der Waals surface area contributed by atoms with Crippen LogP contribution in [0.25, 0.3) is 0 Å². The summed E-state index contributed by atoms with van der Waals surface area (Å²) in [5.74, 6) is 0.169. The second-order valence-corrected chi connectivity index (χ2v) is 8.01. The first-order chi connectivity index (χ1) is 9.84. The highest BCUT2D eigenvalue weighted by atomic mass is 16.2. The lowest BCUT2D eigenvalue weighted by Crippen LogP contribution is -2.38. The monoisotopic (exact) mass is 286 g/mol. The van der Waals surface area contributed by atoms with Gasteiger partial charge in [-0.25, -0.2) is 0 Å². The number of carbonyl (C=O) groups is 1. The molecule has 1 aliphatic heterocycles. The van der Waals surface area contributed by atoms with Crippen molar-refractivity contribution in [1.82, 2.24) is 4.90 Å². The molecule has 2 aliphatic rings. The zero-order chi connectivity index (χ0) is 15.3. The minimum atomic E-state index is 0.169. The Hall–Kier alpha value is -1.35. The Bertz CT molecular complexity index is 566. The first-order valence-electron chi connectivity index (χ1n) is 7.93. The molecule has 114 valence electrons. The predicted octanol–water partition coefficient (Wildman–Crippen LogP) is 3.19. The van der Waals surface area contributed by atoms with Gasteiger partial charge < -0.3 is 10.6 Å². The summed E-state index contributed by atoms with van der Waals surface area (Å²) < 4.78 is 0. The van der Waals surface area contributed by atoms with Gasteiger partial charge >= 0.3 is 0 Å². The van der Waals surface area contributed by atoms with Crippen molar-refractivity contribution in [2.24, 2.45) is 16.6 Å². The van der Waals surface area contributed by atoms with Crippen molar-refractivity contribution in [3.8, 4) is 0 Å². The van der Waals surface area contributed by atoms with Crippen molar-refractivity contribution in [2.45, 2.75) is 52.6 Å². The summed E-state index contributed by atoms with van der Waals surface area (Å²) in [6.45, 7) is 8.31. The first kappa shape index (κ1) is 14.6. The van der Waals surface area contributed by atoms with Crippen molar-refractivity contribution >= 4 is 5.91 Å². The number of likely N-dealkylation sites (tertiary alicyclic amines) is 1. The molecule has 0 spiro atoms. The quantitative estimate of drug-likeness (QED) is 0.907. The molecule has 21 heavy (non-hydrogen) atoms. The maximum atomic E-state index is 13.0. The van der Waals surface area contributed by atoms with Gasteiger partial charge in [0.1, 0.15) is 0 Å². The van der Waals surface area contributed by atoms with E-state index in [1.54, 1.807) is 0 Å². The third-order valence-corrected chi connectivity index (χ3v) is 5.14. The minimum Gasteiger partial charge on any atom is -0.335 e. The Labute approximate surface area is 127 Å². The topological polar surface area (TPSA) is 46.3 Å². The van der Waals surface area contributed by atoms with Gasteiger partial charge in [-0.3, -0.25) is 4.79 Å². The Morgan fingerprint density at radius 3 is 2.71 bits per heavy atom. The lowest BCUT2D eigenvalue weighted by molar-refractivity contribution is 0.0707. The molecule has 2 unspecified atom stereocenters. The van der Waals surface area contributed by atoms with Crippen LogP contribution in [-0.2, 0) is 6.54 Å². The van der Waals surface area contributed by atoms with Crippen molar-refractivity contribution in [2.75, 3.05) is 6.54 Å². The number of hydrogen-bond donors (Lipinski definition) is 1. The smallest absolute Gasteiger partial charge is 0.254 e. The number of carbonyl (C=O) groups excluding carboxylic acids is 1. The summed E-state index contributed by atoms with van der Waals surface area (Å²) >= 11 is 0. The molecule has 2 atom stereocenters. The van der Waals surface area contributed by atoms with E-state index in [1.807, 2.05) is 24.3 Å². The first-order valence-corrected chi connectivity index (χ1v) is 7.93. The van der Waals surface area contributed by atoms with Crippen LogP contribution >= 0.6 is 0 Å². The lowest BCUT2D eigenvalue weighted by atomic mass is 9.65. The molecule has 3 rings (SSSR count). The summed E-state index contributed by atoms with van der Waals surface area (Å²) in [5, 5.41) is 0. The van der Waals surface area contributed by atoms with Crippen molar-refractivity contribution in [3.63, 3.8) is 0 Å². The highest BCUT2D eigenvalue weighted by molar-refractivity contribution is 5.96. The Balaban J connectivity index is 1.90. The molecule has 1 aromatic carbocycles. The number of benzene rings is 1. The standard InChI is InChI=1S/C18H26N2O/c1-17(2)8-14-9-18(3,11-17)12-20(14)16(21)15-7-5-4-6-13(15)10-19/h4-7,14H,8-12,19H2,1-3H3. The van der Waals surface area contributed by atoms with Gasteiger partial charge in [0.25, 0.3) is 5.91 Å². The molecule has 0 aromatic heterocycles. The molecule has 0 radical (unpaired) electrons. The largest absolute Gasteiger partial charge is 0.335 e. The van der Waals surface area contributed by atoms with Crippen LogP contribution in [0.5, 0.6) is 0 Å². The van der Waals surface area contributed by atoms with E-state index in [0.717, 1.165) is 30.5 Å². The van der Waals surface area contributed by atoms with Crippen LogP contribution in [0, 0.1) is 10.8 Å². The normalized spacial score (nSPS) is 30.5. The highest BCUT2D eigenvalue weighted by Gasteiger charge is 2.51. The summed E-state index contributed by atoms with van der Waals surface area (Å²) in [6.07, 6.45) is 3.46. The van der Waals surface area contributed by atoms with Gasteiger partial charge in [0.2, 0.25) is 0 Å². The van der Waals surface area contributed by atoms with Crippen LogP contribution in [0.3, 0.4) is 0 Å². The van der Waals surface area contributed by atoms with E-state index in [9.17, 15) is 4.79 Å². The average Bonchev–Trinajstić information content (AvgIpc) is 2.67. The van der Waals surface area contributed by atoms with Gasteiger partial charge in [0, 0.05) is 24.7 Å². The highest BCUT2D eigenvalue weighted by Crippen LogP contribution is 2.52. The van der Waals surface area contributed by atoms with Crippen molar-refractivity contribution < 1.29 is 4.79 Å². The number of nitrogens with zero attached hydrogens (tertiary/aromatic N) is 1. The number of rotatable bonds is 2. The zero-order valence-electron chi connectivity index (χ0n) is 13.4. The van der Waals surface area contributed by atoms with Gasteiger partial charge in [-0.1, -0.05) is 39.0 Å². The fourth-order valence-electron chi connectivity index (χ4n) is 4.76. The van der Waals surface area contributed by atoms with Crippen LogP contribution in [0.1, 0.15) is 56.0 Å². The number of nitrogens with two attached hydrogens (primary N) is 1. The van der Waals surface area contributed by atoms with Crippen LogP contribution in [-0.4, -0.2) is 23.4 Å². The fourth-order valence-corrected chi connectivity index (χ4v) is 4.76. The SMILES string of the molecule is CC1(C)CC2CC(C)(CN2C(=O)c2ccccc2CN)C1. The second-order valence-electron chi connectivity index (χ2n) is 8.01. The number of fused-ring (bicyclic) bond motifs is 2. The van der Waals surface area contributed by atoms with E-state index in [4.69, 9.17) is 5.73 Å².